The van der Waals surface area contributed by atoms with E-state index >= 15 is 0 Å². The van der Waals surface area contributed by atoms with Crippen LogP contribution in [0.2, 0.25) is 5.02 Å². The average Bonchev–Trinajstić information content (AvgIpc) is 2.40. The summed E-state index contributed by atoms with van der Waals surface area (Å²) in [6.07, 6.45) is 0. The molecular formula is C16H18ClN. The summed E-state index contributed by atoms with van der Waals surface area (Å²) < 4.78 is 0. The fourth-order valence-corrected chi connectivity index (χ4v) is 2.55. The zero-order valence-electron chi connectivity index (χ0n) is 10.5. The van der Waals surface area contributed by atoms with Gasteiger partial charge in [-0.25, -0.2) is 0 Å². The molecule has 0 amide bonds. The van der Waals surface area contributed by atoms with Crippen molar-refractivity contribution in [2.24, 2.45) is 5.73 Å². The SMILES string of the molecule is CC(c1ccccc1)C(CN)c1cccc(Cl)c1. The van der Waals surface area contributed by atoms with E-state index in [4.69, 9.17) is 17.3 Å². The number of hydrogen-bond donors (Lipinski definition) is 1. The van der Waals surface area contributed by atoms with Gasteiger partial charge in [-0.1, -0.05) is 61.0 Å². The predicted octanol–water partition coefficient (Wildman–Crippen LogP) is 4.19. The van der Waals surface area contributed by atoms with Crippen molar-refractivity contribution in [1.29, 1.82) is 0 Å². The van der Waals surface area contributed by atoms with Crippen LogP contribution >= 0.6 is 11.6 Å². The lowest BCUT2D eigenvalue weighted by Crippen LogP contribution is -2.18. The number of nitrogens with two attached hydrogens (primary N) is 1. The van der Waals surface area contributed by atoms with Crippen LogP contribution in [0.15, 0.2) is 54.6 Å². The molecule has 0 aliphatic carbocycles. The molecule has 2 unspecified atom stereocenters. The van der Waals surface area contributed by atoms with Gasteiger partial charge in [0, 0.05) is 10.9 Å². The fourth-order valence-electron chi connectivity index (χ4n) is 2.36. The molecule has 0 fully saturated rings. The summed E-state index contributed by atoms with van der Waals surface area (Å²) in [6.45, 7) is 2.84. The van der Waals surface area contributed by atoms with Gasteiger partial charge in [0.05, 0.1) is 0 Å². The van der Waals surface area contributed by atoms with Gasteiger partial charge in [-0.15, -0.1) is 0 Å². The van der Waals surface area contributed by atoms with Crippen molar-refractivity contribution < 1.29 is 0 Å². The summed E-state index contributed by atoms with van der Waals surface area (Å²) in [4.78, 5) is 0. The van der Waals surface area contributed by atoms with E-state index in [0.717, 1.165) is 5.02 Å². The molecule has 0 aromatic heterocycles. The molecule has 0 heterocycles. The molecule has 2 heteroatoms. The van der Waals surface area contributed by atoms with E-state index in [2.05, 4.69) is 37.3 Å². The Morgan fingerprint density at radius 1 is 1.00 bits per heavy atom. The average molecular weight is 260 g/mol. The molecule has 0 bridgehead atoms. The molecule has 0 saturated heterocycles. The van der Waals surface area contributed by atoms with Gasteiger partial charge >= 0.3 is 0 Å². The maximum Gasteiger partial charge on any atom is 0.0408 e. The van der Waals surface area contributed by atoms with Crippen LogP contribution in [0, 0.1) is 0 Å². The molecule has 0 saturated carbocycles. The molecule has 0 aliphatic rings. The number of rotatable bonds is 4. The number of benzene rings is 2. The zero-order chi connectivity index (χ0) is 13.0. The Morgan fingerprint density at radius 2 is 1.67 bits per heavy atom. The van der Waals surface area contributed by atoms with Gasteiger partial charge in [0.2, 0.25) is 0 Å². The third-order valence-electron chi connectivity index (χ3n) is 3.46. The van der Waals surface area contributed by atoms with Crippen LogP contribution in [0.1, 0.15) is 29.9 Å². The molecular weight excluding hydrogens is 242 g/mol. The van der Waals surface area contributed by atoms with Crippen molar-refractivity contribution in [3.63, 3.8) is 0 Å². The van der Waals surface area contributed by atoms with E-state index in [0.29, 0.717) is 18.4 Å². The Bertz CT molecular complexity index is 495. The van der Waals surface area contributed by atoms with Crippen molar-refractivity contribution in [3.05, 3.63) is 70.7 Å². The van der Waals surface area contributed by atoms with Gasteiger partial charge in [0.25, 0.3) is 0 Å². The molecule has 0 radical (unpaired) electrons. The summed E-state index contributed by atoms with van der Waals surface area (Å²) in [5.74, 6) is 0.681. The molecule has 2 aromatic carbocycles. The van der Waals surface area contributed by atoms with E-state index in [1.165, 1.54) is 11.1 Å². The predicted molar refractivity (Wildman–Crippen MR) is 78.1 cm³/mol. The third kappa shape index (κ3) is 2.92. The minimum atomic E-state index is 0.297. The summed E-state index contributed by atoms with van der Waals surface area (Å²) >= 11 is 6.06. The van der Waals surface area contributed by atoms with Crippen molar-refractivity contribution in [3.8, 4) is 0 Å². The first-order chi connectivity index (χ1) is 8.72. The highest BCUT2D eigenvalue weighted by molar-refractivity contribution is 6.30. The van der Waals surface area contributed by atoms with Crippen LogP contribution in [-0.2, 0) is 0 Å². The highest BCUT2D eigenvalue weighted by Gasteiger charge is 2.19. The van der Waals surface area contributed by atoms with Gasteiger partial charge in [-0.3, -0.25) is 0 Å². The Morgan fingerprint density at radius 3 is 2.28 bits per heavy atom. The zero-order valence-corrected chi connectivity index (χ0v) is 11.3. The summed E-state index contributed by atoms with van der Waals surface area (Å²) in [6, 6.07) is 18.5. The maximum absolute atomic E-state index is 6.06. The van der Waals surface area contributed by atoms with Crippen LogP contribution in [0.25, 0.3) is 0 Å². The Labute approximate surface area is 114 Å². The molecule has 18 heavy (non-hydrogen) atoms. The lowest BCUT2D eigenvalue weighted by molar-refractivity contribution is 0.584. The van der Waals surface area contributed by atoms with E-state index < -0.39 is 0 Å². The monoisotopic (exact) mass is 259 g/mol. The molecule has 2 atom stereocenters. The van der Waals surface area contributed by atoms with Gasteiger partial charge in [-0.2, -0.15) is 0 Å². The smallest absolute Gasteiger partial charge is 0.0408 e. The highest BCUT2D eigenvalue weighted by Crippen LogP contribution is 2.32. The van der Waals surface area contributed by atoms with Crippen LogP contribution in [0.5, 0.6) is 0 Å². The molecule has 0 aliphatic heterocycles. The Kier molecular flexibility index (Phi) is 4.40. The van der Waals surface area contributed by atoms with Crippen molar-refractivity contribution in [2.45, 2.75) is 18.8 Å². The fraction of sp³-hybridized carbons (Fsp3) is 0.250. The Hall–Kier alpha value is -1.31. The number of hydrogen-bond acceptors (Lipinski definition) is 1. The molecule has 94 valence electrons. The van der Waals surface area contributed by atoms with Gasteiger partial charge in [0.1, 0.15) is 0 Å². The van der Waals surface area contributed by atoms with E-state index in [1.54, 1.807) is 0 Å². The molecule has 0 spiro atoms. The summed E-state index contributed by atoms with van der Waals surface area (Å²) in [7, 11) is 0. The van der Waals surface area contributed by atoms with E-state index in [-0.39, 0.29) is 0 Å². The van der Waals surface area contributed by atoms with Crippen LogP contribution in [0.3, 0.4) is 0 Å². The first kappa shape index (κ1) is 13.1. The minimum absolute atomic E-state index is 0.297. The van der Waals surface area contributed by atoms with Gasteiger partial charge in [-0.05, 0) is 35.7 Å². The quantitative estimate of drug-likeness (QED) is 0.876. The summed E-state index contributed by atoms with van der Waals surface area (Å²) in [5, 5.41) is 0.770. The summed E-state index contributed by atoms with van der Waals surface area (Å²) in [5.41, 5.74) is 8.47. The molecule has 2 N–H and O–H groups in total. The van der Waals surface area contributed by atoms with Crippen LogP contribution < -0.4 is 5.73 Å². The standard InChI is InChI=1S/C16H18ClN/c1-12(13-6-3-2-4-7-13)16(11-18)14-8-5-9-15(17)10-14/h2-10,12,16H,11,18H2,1H3. The van der Waals surface area contributed by atoms with Gasteiger partial charge in [0.15, 0.2) is 0 Å². The molecule has 2 aromatic rings. The lowest BCUT2D eigenvalue weighted by Gasteiger charge is -2.23. The Balaban J connectivity index is 2.29. The third-order valence-corrected chi connectivity index (χ3v) is 3.69. The van der Waals surface area contributed by atoms with Gasteiger partial charge < -0.3 is 5.73 Å². The van der Waals surface area contributed by atoms with Crippen molar-refractivity contribution in [1.82, 2.24) is 0 Å². The van der Waals surface area contributed by atoms with Crippen molar-refractivity contribution >= 4 is 11.6 Å². The second-order valence-electron chi connectivity index (χ2n) is 4.60. The van der Waals surface area contributed by atoms with Crippen LogP contribution in [-0.4, -0.2) is 6.54 Å². The molecule has 2 rings (SSSR count). The van der Waals surface area contributed by atoms with E-state index in [9.17, 15) is 0 Å². The largest absolute Gasteiger partial charge is 0.330 e. The highest BCUT2D eigenvalue weighted by atomic mass is 35.5. The molecule has 1 nitrogen and oxygen atoms in total. The minimum Gasteiger partial charge on any atom is -0.330 e. The number of halogens is 1. The second kappa shape index (κ2) is 6.03. The van der Waals surface area contributed by atoms with E-state index in [1.807, 2.05) is 24.3 Å². The van der Waals surface area contributed by atoms with Crippen LogP contribution in [0.4, 0.5) is 0 Å². The maximum atomic E-state index is 6.06. The lowest BCUT2D eigenvalue weighted by atomic mass is 9.83. The first-order valence-electron chi connectivity index (χ1n) is 6.23. The normalized spacial score (nSPS) is 14.2. The topological polar surface area (TPSA) is 26.0 Å². The van der Waals surface area contributed by atoms with Crippen molar-refractivity contribution in [2.75, 3.05) is 6.54 Å². The second-order valence-corrected chi connectivity index (χ2v) is 5.03. The first-order valence-corrected chi connectivity index (χ1v) is 6.60.